The molecule has 0 unspecified atom stereocenters. The highest BCUT2D eigenvalue weighted by atomic mass is 16.2. The molecule has 0 spiro atoms. The van der Waals surface area contributed by atoms with Crippen LogP contribution < -0.4 is 16.0 Å². The third-order valence-electron chi connectivity index (χ3n) is 6.38. The largest absolute Gasteiger partial charge is 0.356 e. The lowest BCUT2D eigenvalue weighted by atomic mass is 9.82. The highest BCUT2D eigenvalue weighted by molar-refractivity contribution is 5.78. The first kappa shape index (κ1) is 20.7. The van der Waals surface area contributed by atoms with Crippen LogP contribution in [-0.2, 0) is 11.3 Å². The van der Waals surface area contributed by atoms with E-state index in [4.69, 9.17) is 0 Å². The van der Waals surface area contributed by atoms with Gasteiger partial charge in [0.2, 0.25) is 5.91 Å². The van der Waals surface area contributed by atoms with Crippen LogP contribution in [0.1, 0.15) is 62.5 Å². The molecule has 0 aliphatic heterocycles. The Labute approximate surface area is 169 Å². The molecular formula is C23H35N3O2. The van der Waals surface area contributed by atoms with Gasteiger partial charge in [-0.15, -0.1) is 0 Å². The molecule has 2 aliphatic rings. The molecule has 0 saturated heterocycles. The molecule has 0 heterocycles. The number of carbonyl (C=O) groups is 2. The van der Waals surface area contributed by atoms with Crippen molar-refractivity contribution >= 4 is 11.9 Å². The molecule has 28 heavy (non-hydrogen) atoms. The average molecular weight is 386 g/mol. The highest BCUT2D eigenvalue weighted by Crippen LogP contribution is 2.29. The standard InChI is InChI=1S/C23H35N3O2/c1-17-6-8-18(9-7-17)15-25-23(28)26-16-20-12-10-19(11-13-20)14-24-22(27)21-4-2-3-5-21/h6-9,19-21H,2-5,10-16H2,1H3,(H,24,27)(H2,25,26,28). The van der Waals surface area contributed by atoms with E-state index in [1.807, 2.05) is 12.1 Å². The molecular weight excluding hydrogens is 350 g/mol. The van der Waals surface area contributed by atoms with Gasteiger partial charge in [-0.1, -0.05) is 42.7 Å². The molecule has 1 aromatic carbocycles. The number of benzene rings is 1. The molecule has 3 N–H and O–H groups in total. The molecule has 0 bridgehead atoms. The Morgan fingerprint density at radius 3 is 2.00 bits per heavy atom. The molecule has 2 fully saturated rings. The molecule has 3 amide bonds. The van der Waals surface area contributed by atoms with Crippen molar-refractivity contribution in [2.24, 2.45) is 17.8 Å². The average Bonchev–Trinajstić information content (AvgIpc) is 3.26. The van der Waals surface area contributed by atoms with Crippen LogP contribution in [0.5, 0.6) is 0 Å². The number of rotatable bonds is 7. The molecule has 154 valence electrons. The summed E-state index contributed by atoms with van der Waals surface area (Å²) in [5.74, 6) is 1.68. The fraction of sp³-hybridized carbons (Fsp3) is 0.652. The van der Waals surface area contributed by atoms with Crippen LogP contribution >= 0.6 is 0 Å². The maximum absolute atomic E-state index is 12.1. The lowest BCUT2D eigenvalue weighted by Gasteiger charge is -2.29. The van der Waals surface area contributed by atoms with E-state index in [2.05, 4.69) is 35.0 Å². The minimum absolute atomic E-state index is 0.0912. The fourth-order valence-electron chi connectivity index (χ4n) is 4.40. The van der Waals surface area contributed by atoms with Crippen molar-refractivity contribution in [3.63, 3.8) is 0 Å². The van der Waals surface area contributed by atoms with Crippen molar-refractivity contribution in [1.82, 2.24) is 16.0 Å². The van der Waals surface area contributed by atoms with Gasteiger partial charge in [-0.25, -0.2) is 4.79 Å². The second kappa shape index (κ2) is 10.5. The van der Waals surface area contributed by atoms with Crippen LogP contribution in [0.25, 0.3) is 0 Å². The first-order valence-electron chi connectivity index (χ1n) is 10.9. The number of aryl methyl sites for hydroxylation is 1. The predicted molar refractivity (Wildman–Crippen MR) is 112 cm³/mol. The summed E-state index contributed by atoms with van der Waals surface area (Å²) < 4.78 is 0. The quantitative estimate of drug-likeness (QED) is 0.666. The second-order valence-electron chi connectivity index (χ2n) is 8.66. The summed E-state index contributed by atoms with van der Waals surface area (Å²) in [5.41, 5.74) is 2.34. The van der Waals surface area contributed by atoms with E-state index in [0.29, 0.717) is 18.4 Å². The summed E-state index contributed by atoms with van der Waals surface area (Å²) in [4.78, 5) is 24.2. The zero-order chi connectivity index (χ0) is 19.8. The van der Waals surface area contributed by atoms with Gasteiger partial charge in [-0.3, -0.25) is 4.79 Å². The Bertz CT molecular complexity index is 630. The Balaban J connectivity index is 1.26. The second-order valence-corrected chi connectivity index (χ2v) is 8.66. The van der Waals surface area contributed by atoms with Crippen LogP contribution in [0.15, 0.2) is 24.3 Å². The monoisotopic (exact) mass is 385 g/mol. The van der Waals surface area contributed by atoms with Crippen molar-refractivity contribution in [2.45, 2.75) is 64.8 Å². The molecule has 0 aromatic heterocycles. The van der Waals surface area contributed by atoms with Gasteiger partial charge in [0.15, 0.2) is 0 Å². The van der Waals surface area contributed by atoms with Crippen LogP contribution in [0.4, 0.5) is 4.79 Å². The molecule has 2 saturated carbocycles. The molecule has 0 atom stereocenters. The number of carbonyl (C=O) groups excluding carboxylic acids is 2. The minimum Gasteiger partial charge on any atom is -0.356 e. The molecule has 5 heteroatoms. The van der Waals surface area contributed by atoms with Crippen LogP contribution in [0, 0.1) is 24.7 Å². The molecule has 0 radical (unpaired) electrons. The van der Waals surface area contributed by atoms with Crippen molar-refractivity contribution in [2.75, 3.05) is 13.1 Å². The van der Waals surface area contributed by atoms with E-state index in [-0.39, 0.29) is 17.9 Å². The van der Waals surface area contributed by atoms with Gasteiger partial charge in [-0.05, 0) is 62.8 Å². The normalized spacial score (nSPS) is 22.6. The Morgan fingerprint density at radius 1 is 0.821 bits per heavy atom. The molecule has 5 nitrogen and oxygen atoms in total. The number of hydrogen-bond donors (Lipinski definition) is 3. The van der Waals surface area contributed by atoms with E-state index >= 15 is 0 Å². The first-order chi connectivity index (χ1) is 13.6. The van der Waals surface area contributed by atoms with E-state index in [1.54, 1.807) is 0 Å². The summed E-state index contributed by atoms with van der Waals surface area (Å²) in [6, 6.07) is 8.12. The number of urea groups is 1. The Hall–Kier alpha value is -2.04. The third-order valence-corrected chi connectivity index (χ3v) is 6.38. The summed E-state index contributed by atoms with van der Waals surface area (Å²) in [5, 5.41) is 9.12. The number of amides is 3. The van der Waals surface area contributed by atoms with Crippen molar-refractivity contribution in [3.05, 3.63) is 35.4 Å². The van der Waals surface area contributed by atoms with Gasteiger partial charge in [0.05, 0.1) is 0 Å². The molecule has 2 aliphatic carbocycles. The summed E-state index contributed by atoms with van der Waals surface area (Å²) in [6.45, 7) is 4.18. The van der Waals surface area contributed by atoms with E-state index in [9.17, 15) is 9.59 Å². The van der Waals surface area contributed by atoms with E-state index in [1.165, 1.54) is 18.4 Å². The molecule has 1 aromatic rings. The summed E-state index contributed by atoms with van der Waals surface area (Å²) >= 11 is 0. The number of nitrogens with one attached hydrogen (secondary N) is 3. The van der Waals surface area contributed by atoms with Gasteiger partial charge in [0, 0.05) is 25.6 Å². The Kier molecular flexibility index (Phi) is 7.75. The first-order valence-corrected chi connectivity index (χ1v) is 10.9. The van der Waals surface area contributed by atoms with E-state index < -0.39 is 0 Å². The maximum Gasteiger partial charge on any atom is 0.315 e. The fourth-order valence-corrected chi connectivity index (χ4v) is 4.40. The van der Waals surface area contributed by atoms with Gasteiger partial charge in [-0.2, -0.15) is 0 Å². The minimum atomic E-state index is -0.0912. The SMILES string of the molecule is Cc1ccc(CNC(=O)NCC2CCC(CNC(=O)C3CCCC3)CC2)cc1. The smallest absolute Gasteiger partial charge is 0.315 e. The van der Waals surface area contributed by atoms with Gasteiger partial charge in [0.25, 0.3) is 0 Å². The third kappa shape index (κ3) is 6.54. The van der Waals surface area contributed by atoms with Gasteiger partial charge in [0.1, 0.15) is 0 Å². The van der Waals surface area contributed by atoms with Crippen molar-refractivity contribution in [3.8, 4) is 0 Å². The van der Waals surface area contributed by atoms with Crippen LogP contribution in [-0.4, -0.2) is 25.0 Å². The van der Waals surface area contributed by atoms with Gasteiger partial charge >= 0.3 is 6.03 Å². The zero-order valence-electron chi connectivity index (χ0n) is 17.1. The lowest BCUT2D eigenvalue weighted by molar-refractivity contribution is -0.125. The van der Waals surface area contributed by atoms with Gasteiger partial charge < -0.3 is 16.0 Å². The highest BCUT2D eigenvalue weighted by Gasteiger charge is 2.25. The summed E-state index contributed by atoms with van der Waals surface area (Å²) in [7, 11) is 0. The van der Waals surface area contributed by atoms with Crippen molar-refractivity contribution in [1.29, 1.82) is 0 Å². The van der Waals surface area contributed by atoms with Crippen LogP contribution in [0.3, 0.4) is 0 Å². The summed E-state index contributed by atoms with van der Waals surface area (Å²) in [6.07, 6.45) is 9.07. The topological polar surface area (TPSA) is 70.2 Å². The zero-order valence-corrected chi connectivity index (χ0v) is 17.1. The number of hydrogen-bond acceptors (Lipinski definition) is 2. The predicted octanol–water partition coefficient (Wildman–Crippen LogP) is 3.91. The van der Waals surface area contributed by atoms with Crippen LogP contribution in [0.2, 0.25) is 0 Å². The lowest BCUT2D eigenvalue weighted by Crippen LogP contribution is -2.39. The van der Waals surface area contributed by atoms with Crippen molar-refractivity contribution < 1.29 is 9.59 Å². The molecule has 3 rings (SSSR count). The maximum atomic E-state index is 12.1. The van der Waals surface area contributed by atoms with E-state index in [0.717, 1.165) is 57.2 Å². The Morgan fingerprint density at radius 2 is 1.39 bits per heavy atom.